The Bertz CT molecular complexity index is 504. The first-order valence-electron chi connectivity index (χ1n) is 6.35. The number of benzene rings is 1. The minimum absolute atomic E-state index is 0.278. The van der Waals surface area contributed by atoms with Crippen LogP contribution in [0.3, 0.4) is 0 Å². The maximum absolute atomic E-state index is 4.34. The van der Waals surface area contributed by atoms with Gasteiger partial charge < -0.3 is 5.32 Å². The summed E-state index contributed by atoms with van der Waals surface area (Å²) in [5.41, 5.74) is 2.63. The first kappa shape index (κ1) is 12.8. The first-order valence-corrected chi connectivity index (χ1v) is 6.35. The van der Waals surface area contributed by atoms with Gasteiger partial charge in [0.05, 0.1) is 0 Å². The molecule has 1 aromatic heterocycles. The standard InChI is InChI=1S/C14H20N4/c1-4-18-14(16-10-17-18)9-13(15-3)12-8-6-5-7-11(12)2/h5-8,10,13,15H,4,9H2,1-3H3. The summed E-state index contributed by atoms with van der Waals surface area (Å²) in [6.45, 7) is 5.09. The quantitative estimate of drug-likeness (QED) is 0.876. The van der Waals surface area contributed by atoms with Crippen LogP contribution in [0.25, 0.3) is 0 Å². The maximum Gasteiger partial charge on any atom is 0.138 e. The molecule has 0 saturated carbocycles. The van der Waals surface area contributed by atoms with Crippen LogP contribution in [-0.4, -0.2) is 21.8 Å². The van der Waals surface area contributed by atoms with E-state index >= 15 is 0 Å². The average Bonchev–Trinajstić information content (AvgIpc) is 2.84. The van der Waals surface area contributed by atoms with Crippen LogP contribution in [0.15, 0.2) is 30.6 Å². The van der Waals surface area contributed by atoms with Crippen LogP contribution in [0.1, 0.15) is 29.9 Å². The smallest absolute Gasteiger partial charge is 0.138 e. The number of nitrogens with one attached hydrogen (secondary N) is 1. The van der Waals surface area contributed by atoms with Crippen LogP contribution in [0, 0.1) is 6.92 Å². The Morgan fingerprint density at radius 3 is 2.78 bits per heavy atom. The second-order valence-corrected chi connectivity index (χ2v) is 4.39. The predicted molar refractivity (Wildman–Crippen MR) is 72.4 cm³/mol. The van der Waals surface area contributed by atoms with E-state index in [9.17, 15) is 0 Å². The van der Waals surface area contributed by atoms with Crippen LogP contribution in [0.4, 0.5) is 0 Å². The SMILES string of the molecule is CCn1ncnc1CC(NC)c1ccccc1C. The van der Waals surface area contributed by atoms with Crippen LogP contribution < -0.4 is 5.32 Å². The minimum Gasteiger partial charge on any atom is -0.313 e. The molecule has 1 heterocycles. The topological polar surface area (TPSA) is 42.7 Å². The fourth-order valence-corrected chi connectivity index (χ4v) is 2.24. The number of nitrogens with zero attached hydrogens (tertiary/aromatic N) is 3. The molecule has 96 valence electrons. The normalized spacial score (nSPS) is 12.6. The van der Waals surface area contributed by atoms with Crippen molar-refractivity contribution in [3.05, 3.63) is 47.5 Å². The summed E-state index contributed by atoms with van der Waals surface area (Å²) in [5, 5.41) is 7.58. The molecule has 0 amide bonds. The second-order valence-electron chi connectivity index (χ2n) is 4.39. The van der Waals surface area contributed by atoms with Crippen LogP contribution in [0.2, 0.25) is 0 Å². The second kappa shape index (κ2) is 5.78. The number of hydrogen-bond acceptors (Lipinski definition) is 3. The highest BCUT2D eigenvalue weighted by Gasteiger charge is 2.15. The van der Waals surface area contributed by atoms with E-state index in [-0.39, 0.29) is 6.04 Å². The summed E-state index contributed by atoms with van der Waals surface area (Å²) >= 11 is 0. The number of likely N-dealkylation sites (N-methyl/N-ethyl adjacent to an activating group) is 1. The zero-order valence-electron chi connectivity index (χ0n) is 11.2. The van der Waals surface area contributed by atoms with E-state index in [2.05, 4.69) is 53.5 Å². The van der Waals surface area contributed by atoms with E-state index in [0.29, 0.717) is 0 Å². The molecular weight excluding hydrogens is 224 g/mol. The van der Waals surface area contributed by atoms with E-state index in [0.717, 1.165) is 18.8 Å². The first-order chi connectivity index (χ1) is 8.76. The summed E-state index contributed by atoms with van der Waals surface area (Å²) < 4.78 is 1.95. The molecule has 1 atom stereocenters. The fourth-order valence-electron chi connectivity index (χ4n) is 2.24. The van der Waals surface area contributed by atoms with E-state index in [1.165, 1.54) is 11.1 Å². The third kappa shape index (κ3) is 2.59. The van der Waals surface area contributed by atoms with Gasteiger partial charge in [-0.25, -0.2) is 4.98 Å². The van der Waals surface area contributed by atoms with Crippen molar-refractivity contribution < 1.29 is 0 Å². The van der Waals surface area contributed by atoms with E-state index in [4.69, 9.17) is 0 Å². The zero-order valence-corrected chi connectivity index (χ0v) is 11.2. The van der Waals surface area contributed by atoms with E-state index < -0.39 is 0 Å². The molecule has 2 aromatic rings. The molecule has 0 aliphatic heterocycles. The van der Waals surface area contributed by atoms with Gasteiger partial charge in [0.1, 0.15) is 12.2 Å². The van der Waals surface area contributed by atoms with Crippen molar-refractivity contribution in [2.45, 2.75) is 32.9 Å². The van der Waals surface area contributed by atoms with Crippen molar-refractivity contribution in [3.8, 4) is 0 Å². The van der Waals surface area contributed by atoms with Crippen molar-refractivity contribution in [2.24, 2.45) is 0 Å². The van der Waals surface area contributed by atoms with Gasteiger partial charge in [0.25, 0.3) is 0 Å². The van der Waals surface area contributed by atoms with Gasteiger partial charge in [-0.3, -0.25) is 4.68 Å². The summed E-state index contributed by atoms with van der Waals surface area (Å²) in [7, 11) is 1.99. The van der Waals surface area contributed by atoms with Crippen molar-refractivity contribution >= 4 is 0 Å². The lowest BCUT2D eigenvalue weighted by atomic mass is 9.99. The summed E-state index contributed by atoms with van der Waals surface area (Å²) in [4.78, 5) is 4.34. The molecule has 1 aromatic carbocycles. The van der Waals surface area contributed by atoms with Crippen LogP contribution in [0.5, 0.6) is 0 Å². The van der Waals surface area contributed by atoms with Gasteiger partial charge >= 0.3 is 0 Å². The van der Waals surface area contributed by atoms with Gasteiger partial charge in [0.2, 0.25) is 0 Å². The Morgan fingerprint density at radius 2 is 2.11 bits per heavy atom. The Kier molecular flexibility index (Phi) is 4.10. The van der Waals surface area contributed by atoms with Gasteiger partial charge in [0.15, 0.2) is 0 Å². The molecule has 0 aliphatic rings. The molecule has 0 radical (unpaired) electrons. The van der Waals surface area contributed by atoms with Crippen molar-refractivity contribution in [1.29, 1.82) is 0 Å². The summed E-state index contributed by atoms with van der Waals surface area (Å²) in [5.74, 6) is 1.03. The lowest BCUT2D eigenvalue weighted by Crippen LogP contribution is -2.21. The Morgan fingerprint density at radius 1 is 1.33 bits per heavy atom. The molecule has 1 unspecified atom stereocenters. The molecule has 18 heavy (non-hydrogen) atoms. The monoisotopic (exact) mass is 244 g/mol. The molecule has 4 heteroatoms. The lowest BCUT2D eigenvalue weighted by molar-refractivity contribution is 0.532. The van der Waals surface area contributed by atoms with Gasteiger partial charge in [-0.1, -0.05) is 24.3 Å². The highest BCUT2D eigenvalue weighted by atomic mass is 15.3. The molecule has 0 bridgehead atoms. The van der Waals surface area contributed by atoms with Crippen LogP contribution in [-0.2, 0) is 13.0 Å². The van der Waals surface area contributed by atoms with E-state index in [1.54, 1.807) is 6.33 Å². The number of rotatable bonds is 5. The Balaban J connectivity index is 2.23. The number of aryl methyl sites for hydroxylation is 2. The number of hydrogen-bond donors (Lipinski definition) is 1. The molecule has 0 spiro atoms. The van der Waals surface area contributed by atoms with Gasteiger partial charge in [0, 0.05) is 19.0 Å². The fraction of sp³-hybridized carbons (Fsp3) is 0.429. The van der Waals surface area contributed by atoms with E-state index in [1.807, 2.05) is 11.7 Å². The summed E-state index contributed by atoms with van der Waals surface area (Å²) in [6, 6.07) is 8.74. The molecule has 0 fully saturated rings. The van der Waals surface area contributed by atoms with Crippen LogP contribution >= 0.6 is 0 Å². The zero-order chi connectivity index (χ0) is 13.0. The highest BCUT2D eigenvalue weighted by Crippen LogP contribution is 2.20. The lowest BCUT2D eigenvalue weighted by Gasteiger charge is -2.18. The third-order valence-electron chi connectivity index (χ3n) is 3.29. The Hall–Kier alpha value is -1.68. The van der Waals surface area contributed by atoms with Crippen molar-refractivity contribution in [1.82, 2.24) is 20.1 Å². The highest BCUT2D eigenvalue weighted by molar-refractivity contribution is 5.29. The van der Waals surface area contributed by atoms with Gasteiger partial charge in [-0.2, -0.15) is 5.10 Å². The predicted octanol–water partition coefficient (Wildman–Crippen LogP) is 2.11. The van der Waals surface area contributed by atoms with Gasteiger partial charge in [-0.05, 0) is 32.0 Å². The minimum atomic E-state index is 0.278. The third-order valence-corrected chi connectivity index (χ3v) is 3.29. The number of aromatic nitrogens is 3. The van der Waals surface area contributed by atoms with Gasteiger partial charge in [-0.15, -0.1) is 0 Å². The molecule has 0 saturated heterocycles. The maximum atomic E-state index is 4.34. The molecule has 2 rings (SSSR count). The summed E-state index contributed by atoms with van der Waals surface area (Å²) in [6.07, 6.45) is 2.48. The van der Waals surface area contributed by atoms with Crippen molar-refractivity contribution in [3.63, 3.8) is 0 Å². The molecule has 1 N–H and O–H groups in total. The van der Waals surface area contributed by atoms with Crippen molar-refractivity contribution in [2.75, 3.05) is 7.05 Å². The largest absolute Gasteiger partial charge is 0.313 e. The Labute approximate surface area is 108 Å². The molecule has 4 nitrogen and oxygen atoms in total. The molecule has 0 aliphatic carbocycles. The molecular formula is C14H20N4. The average molecular weight is 244 g/mol.